The van der Waals surface area contributed by atoms with E-state index in [1.54, 1.807) is 0 Å². The van der Waals surface area contributed by atoms with Gasteiger partial charge in [-0.25, -0.2) is 0 Å². The second-order valence-electron chi connectivity index (χ2n) is 3.68. The number of rotatable bonds is 9. The molecule has 0 atom stereocenters. The van der Waals surface area contributed by atoms with Crippen molar-refractivity contribution in [2.45, 2.75) is 71.1 Å². The summed E-state index contributed by atoms with van der Waals surface area (Å²) in [7, 11) is 0. The molecule has 0 saturated heterocycles. The van der Waals surface area contributed by atoms with E-state index in [-0.39, 0.29) is 18.8 Å². The molecule has 0 nitrogen and oxygen atoms in total. The Balaban J connectivity index is 0. The molecule has 0 spiro atoms. The SMILES string of the molecule is [CH2-]CCCCCCCCCCC.[F][Zn+]. The zero-order chi connectivity index (χ0) is 11.1. The van der Waals surface area contributed by atoms with Crippen LogP contribution in [0, 0.1) is 6.92 Å². The van der Waals surface area contributed by atoms with Crippen molar-refractivity contribution in [3.63, 3.8) is 0 Å². The molecule has 0 aromatic heterocycles. The molecule has 0 aromatic carbocycles. The van der Waals surface area contributed by atoms with Gasteiger partial charge in [-0.05, 0) is 0 Å². The van der Waals surface area contributed by atoms with Crippen LogP contribution in [0.3, 0.4) is 0 Å². The minimum absolute atomic E-state index is 0.125. The molecule has 0 radical (unpaired) electrons. The Kier molecular flexibility index (Phi) is 23.2. The molecule has 0 aliphatic carbocycles. The first kappa shape index (κ1) is 17.0. The Morgan fingerprint density at radius 2 is 1.14 bits per heavy atom. The predicted octanol–water partition coefficient (Wildman–Crippen LogP) is 5.16. The van der Waals surface area contributed by atoms with Crippen LogP contribution in [0.1, 0.15) is 71.1 Å². The average molecular weight is 254 g/mol. The van der Waals surface area contributed by atoms with Crippen molar-refractivity contribution < 1.29 is 22.1 Å². The summed E-state index contributed by atoms with van der Waals surface area (Å²) in [5.41, 5.74) is 0. The molecule has 0 aromatic rings. The van der Waals surface area contributed by atoms with Gasteiger partial charge in [0, 0.05) is 0 Å². The first-order valence-electron chi connectivity index (χ1n) is 5.97. The van der Waals surface area contributed by atoms with E-state index in [4.69, 9.17) is 0 Å². The second kappa shape index (κ2) is 19.2. The minimum atomic E-state index is -0.125. The van der Waals surface area contributed by atoms with E-state index in [0.717, 1.165) is 6.42 Å². The van der Waals surface area contributed by atoms with Crippen molar-refractivity contribution in [1.29, 1.82) is 0 Å². The van der Waals surface area contributed by atoms with Gasteiger partial charge in [0.25, 0.3) is 0 Å². The zero-order valence-electron chi connectivity index (χ0n) is 9.86. The summed E-state index contributed by atoms with van der Waals surface area (Å²) in [5, 5.41) is 0. The van der Waals surface area contributed by atoms with Crippen molar-refractivity contribution >= 4 is 0 Å². The summed E-state index contributed by atoms with van der Waals surface area (Å²) >= 11 is -0.125. The van der Waals surface area contributed by atoms with E-state index in [1.165, 1.54) is 57.8 Å². The molecular formula is C12H25FZn. The van der Waals surface area contributed by atoms with E-state index in [2.05, 4.69) is 13.8 Å². The number of hydrogen-bond donors (Lipinski definition) is 0. The molecule has 82 valence electrons. The molecule has 0 aliphatic rings. The van der Waals surface area contributed by atoms with E-state index < -0.39 is 0 Å². The third kappa shape index (κ3) is 18.4. The number of unbranched alkanes of at least 4 members (excludes halogenated alkanes) is 9. The van der Waals surface area contributed by atoms with Gasteiger partial charge in [0.1, 0.15) is 0 Å². The van der Waals surface area contributed by atoms with Gasteiger partial charge in [0.05, 0.1) is 0 Å². The first-order valence-corrected chi connectivity index (χ1v) is 7.10. The van der Waals surface area contributed by atoms with E-state index in [9.17, 15) is 3.32 Å². The third-order valence-electron chi connectivity index (χ3n) is 2.35. The van der Waals surface area contributed by atoms with Crippen molar-refractivity contribution in [2.75, 3.05) is 0 Å². The van der Waals surface area contributed by atoms with Crippen molar-refractivity contribution in [3.05, 3.63) is 6.92 Å². The molecule has 0 bridgehead atoms. The molecule has 0 unspecified atom stereocenters. The molecule has 0 amide bonds. The Labute approximate surface area is 100 Å². The van der Waals surface area contributed by atoms with Gasteiger partial charge >= 0.3 is 22.1 Å². The van der Waals surface area contributed by atoms with Crippen LogP contribution in [-0.2, 0) is 18.8 Å². The quantitative estimate of drug-likeness (QED) is 0.302. The monoisotopic (exact) mass is 252 g/mol. The van der Waals surface area contributed by atoms with E-state index in [1.807, 2.05) is 0 Å². The Hall–Kier alpha value is 0.553. The molecule has 2 heteroatoms. The average Bonchev–Trinajstić information content (AvgIpc) is 2.25. The van der Waals surface area contributed by atoms with Crippen LogP contribution in [0.15, 0.2) is 0 Å². The van der Waals surface area contributed by atoms with Gasteiger partial charge in [-0.1, -0.05) is 64.7 Å². The molecule has 0 fully saturated rings. The third-order valence-corrected chi connectivity index (χ3v) is 2.35. The summed E-state index contributed by atoms with van der Waals surface area (Å²) in [5.74, 6) is 0. The molecule has 0 heterocycles. The van der Waals surface area contributed by atoms with Gasteiger partial charge in [0.2, 0.25) is 0 Å². The molecule has 0 N–H and O–H groups in total. The van der Waals surface area contributed by atoms with Crippen LogP contribution in [0.5, 0.6) is 0 Å². The van der Waals surface area contributed by atoms with Crippen molar-refractivity contribution in [1.82, 2.24) is 0 Å². The molecule has 0 saturated carbocycles. The molecular weight excluding hydrogens is 229 g/mol. The van der Waals surface area contributed by atoms with Gasteiger partial charge in [-0.3, -0.25) is 0 Å². The van der Waals surface area contributed by atoms with Crippen LogP contribution in [0.2, 0.25) is 0 Å². The van der Waals surface area contributed by atoms with E-state index in [0.29, 0.717) is 0 Å². The maximum absolute atomic E-state index is 9.62. The predicted molar refractivity (Wildman–Crippen MR) is 58.3 cm³/mol. The van der Waals surface area contributed by atoms with E-state index >= 15 is 0 Å². The van der Waals surface area contributed by atoms with Crippen LogP contribution in [-0.4, -0.2) is 0 Å². The van der Waals surface area contributed by atoms with Gasteiger partial charge in [-0.2, -0.15) is 6.42 Å². The van der Waals surface area contributed by atoms with Gasteiger partial charge in [0.15, 0.2) is 0 Å². The molecule has 0 aliphatic heterocycles. The fourth-order valence-corrected chi connectivity index (χ4v) is 1.49. The Bertz CT molecular complexity index is 66.7. The zero-order valence-corrected chi connectivity index (χ0v) is 12.8. The first-order chi connectivity index (χ1) is 6.91. The standard InChI is InChI=1S/C12H25.FH.Zn/c1-3-5-7-9-11-12-10-8-6-4-2;;/h1,3-12H2,2H3;1H;/q-1;;+2/p-1. The second-order valence-corrected chi connectivity index (χ2v) is 3.68. The Morgan fingerprint density at radius 1 is 0.786 bits per heavy atom. The van der Waals surface area contributed by atoms with Crippen LogP contribution >= 0.6 is 0 Å². The number of hydrogen-bond acceptors (Lipinski definition) is 0. The summed E-state index contributed by atoms with van der Waals surface area (Å²) in [6, 6.07) is 0. The van der Waals surface area contributed by atoms with Gasteiger partial charge < -0.3 is 6.92 Å². The maximum atomic E-state index is 9.62. The summed E-state index contributed by atoms with van der Waals surface area (Å²) in [4.78, 5) is 0. The van der Waals surface area contributed by atoms with Crippen molar-refractivity contribution in [3.8, 4) is 0 Å². The van der Waals surface area contributed by atoms with Crippen LogP contribution < -0.4 is 0 Å². The van der Waals surface area contributed by atoms with Crippen LogP contribution in [0.25, 0.3) is 0 Å². The fourth-order valence-electron chi connectivity index (χ4n) is 1.49. The molecule has 0 rings (SSSR count). The Morgan fingerprint density at radius 3 is 1.50 bits per heavy atom. The summed E-state index contributed by atoms with van der Waals surface area (Å²) in [6.45, 7) is 6.12. The number of halogens is 1. The van der Waals surface area contributed by atoms with Gasteiger partial charge in [-0.15, -0.1) is 0 Å². The normalized spacial score (nSPS) is 9.50. The summed E-state index contributed by atoms with van der Waals surface area (Å²) in [6.07, 6.45) is 13.9. The topological polar surface area (TPSA) is 0 Å². The molecule has 14 heavy (non-hydrogen) atoms. The summed E-state index contributed by atoms with van der Waals surface area (Å²) < 4.78 is 9.62. The van der Waals surface area contributed by atoms with Crippen molar-refractivity contribution in [2.24, 2.45) is 0 Å². The van der Waals surface area contributed by atoms with Crippen LogP contribution in [0.4, 0.5) is 3.32 Å². The fraction of sp³-hybridized carbons (Fsp3) is 0.917.